The molecule has 172 valence electrons. The molecular formula is C26H44O4. The van der Waals surface area contributed by atoms with Gasteiger partial charge in [0.25, 0.3) is 0 Å². The molecule has 0 radical (unpaired) electrons. The first-order chi connectivity index (χ1) is 14.1. The van der Waals surface area contributed by atoms with E-state index >= 15 is 0 Å². The SMILES string of the molecule is CC1=CCC(C)C(C)(C)C1C1OCCO1.CC1=CC[C@@H](C)C(C)(C)[C@H]1C1OCCO1. The van der Waals surface area contributed by atoms with Crippen LogP contribution in [0.3, 0.4) is 0 Å². The predicted octanol–water partition coefficient (Wildman–Crippen LogP) is 5.98. The molecule has 2 heterocycles. The molecule has 0 aromatic heterocycles. The van der Waals surface area contributed by atoms with Gasteiger partial charge in [0, 0.05) is 11.8 Å². The maximum atomic E-state index is 5.68. The molecule has 4 aliphatic rings. The third-order valence-corrected chi connectivity index (χ3v) is 8.55. The number of allylic oxidation sites excluding steroid dienone is 2. The van der Waals surface area contributed by atoms with Crippen LogP contribution in [0.1, 0.15) is 68.2 Å². The maximum absolute atomic E-state index is 5.68. The first-order valence-electron chi connectivity index (χ1n) is 11.9. The van der Waals surface area contributed by atoms with Crippen molar-refractivity contribution >= 4 is 0 Å². The fraction of sp³-hybridized carbons (Fsp3) is 0.846. The Labute approximate surface area is 184 Å². The molecule has 4 atom stereocenters. The Morgan fingerprint density at radius 1 is 0.633 bits per heavy atom. The van der Waals surface area contributed by atoms with Gasteiger partial charge in [0.05, 0.1) is 26.4 Å². The van der Waals surface area contributed by atoms with Crippen LogP contribution in [-0.2, 0) is 18.9 Å². The van der Waals surface area contributed by atoms with Crippen LogP contribution in [0, 0.1) is 34.5 Å². The second-order valence-corrected chi connectivity index (χ2v) is 11.0. The summed E-state index contributed by atoms with van der Waals surface area (Å²) >= 11 is 0. The summed E-state index contributed by atoms with van der Waals surface area (Å²) in [5, 5.41) is 0. The summed E-state index contributed by atoms with van der Waals surface area (Å²) in [6.45, 7) is 21.4. The van der Waals surface area contributed by atoms with Gasteiger partial charge in [0.2, 0.25) is 0 Å². The minimum absolute atomic E-state index is 0.0148. The normalized spacial score (nSPS) is 36.7. The number of hydrogen-bond donors (Lipinski definition) is 0. The van der Waals surface area contributed by atoms with Crippen molar-refractivity contribution in [2.24, 2.45) is 34.5 Å². The summed E-state index contributed by atoms with van der Waals surface area (Å²) in [4.78, 5) is 0. The van der Waals surface area contributed by atoms with Crippen molar-refractivity contribution in [1.29, 1.82) is 0 Å². The van der Waals surface area contributed by atoms with E-state index in [1.165, 1.54) is 24.0 Å². The average molecular weight is 421 g/mol. The van der Waals surface area contributed by atoms with E-state index in [1.54, 1.807) is 0 Å². The Morgan fingerprint density at radius 2 is 0.933 bits per heavy atom. The van der Waals surface area contributed by atoms with E-state index in [0.29, 0.717) is 23.7 Å². The van der Waals surface area contributed by atoms with E-state index in [0.717, 1.165) is 26.4 Å². The summed E-state index contributed by atoms with van der Waals surface area (Å²) < 4.78 is 22.7. The quantitative estimate of drug-likeness (QED) is 0.515. The molecule has 0 spiro atoms. The lowest BCUT2D eigenvalue weighted by Crippen LogP contribution is -2.42. The van der Waals surface area contributed by atoms with Gasteiger partial charge in [0.1, 0.15) is 0 Å². The van der Waals surface area contributed by atoms with Crippen LogP contribution in [0.5, 0.6) is 0 Å². The summed E-state index contributed by atoms with van der Waals surface area (Å²) in [5.74, 6) is 2.23. The maximum Gasteiger partial charge on any atom is 0.164 e. The van der Waals surface area contributed by atoms with E-state index < -0.39 is 0 Å². The van der Waals surface area contributed by atoms with Crippen LogP contribution >= 0.6 is 0 Å². The minimum atomic E-state index is -0.0148. The number of ether oxygens (including phenoxy) is 4. The molecule has 0 N–H and O–H groups in total. The molecule has 2 aliphatic carbocycles. The van der Waals surface area contributed by atoms with Gasteiger partial charge in [-0.05, 0) is 49.4 Å². The molecule has 0 aromatic carbocycles. The molecule has 0 bridgehead atoms. The fourth-order valence-corrected chi connectivity index (χ4v) is 5.64. The number of hydrogen-bond acceptors (Lipinski definition) is 4. The number of rotatable bonds is 2. The van der Waals surface area contributed by atoms with E-state index in [2.05, 4.69) is 67.5 Å². The van der Waals surface area contributed by atoms with Gasteiger partial charge >= 0.3 is 0 Å². The summed E-state index contributed by atoms with van der Waals surface area (Å²) in [5.41, 5.74) is 3.41. The predicted molar refractivity (Wildman–Crippen MR) is 121 cm³/mol. The lowest BCUT2D eigenvalue weighted by Gasteiger charge is -2.45. The van der Waals surface area contributed by atoms with Crippen molar-refractivity contribution in [1.82, 2.24) is 0 Å². The standard InChI is InChI=1S/2C13H22O2/c2*1-9-5-6-10(2)13(3,4)11(9)12-14-7-8-15-12/h2*5,10-12H,6-8H2,1-4H3/t10-,11-;/m1./s1. The highest BCUT2D eigenvalue weighted by Gasteiger charge is 2.45. The molecule has 4 rings (SSSR count). The summed E-state index contributed by atoms with van der Waals surface area (Å²) in [6, 6.07) is 0. The molecule has 0 aromatic rings. The molecule has 2 unspecified atom stereocenters. The molecule has 30 heavy (non-hydrogen) atoms. The monoisotopic (exact) mass is 420 g/mol. The lowest BCUT2D eigenvalue weighted by molar-refractivity contribution is -0.116. The Kier molecular flexibility index (Phi) is 7.54. The molecule has 2 fully saturated rings. The highest BCUT2D eigenvalue weighted by atomic mass is 16.7. The van der Waals surface area contributed by atoms with Gasteiger partial charge in [-0.3, -0.25) is 0 Å². The molecule has 4 nitrogen and oxygen atoms in total. The highest BCUT2D eigenvalue weighted by molar-refractivity contribution is 5.16. The first-order valence-corrected chi connectivity index (χ1v) is 11.9. The Hall–Kier alpha value is -0.680. The Morgan fingerprint density at radius 3 is 1.23 bits per heavy atom. The van der Waals surface area contributed by atoms with Gasteiger partial charge in [-0.15, -0.1) is 0 Å². The zero-order chi connectivity index (χ0) is 22.1. The molecule has 2 saturated heterocycles. The Bertz CT molecular complexity index is 579. The summed E-state index contributed by atoms with van der Waals surface area (Å²) in [6.07, 6.45) is 7.04. The van der Waals surface area contributed by atoms with E-state index in [1.807, 2.05) is 0 Å². The van der Waals surface area contributed by atoms with Crippen molar-refractivity contribution in [2.45, 2.75) is 80.8 Å². The van der Waals surface area contributed by atoms with Crippen LogP contribution in [-0.4, -0.2) is 39.0 Å². The second-order valence-electron chi connectivity index (χ2n) is 11.0. The highest BCUT2D eigenvalue weighted by Crippen LogP contribution is 2.48. The van der Waals surface area contributed by atoms with Gasteiger partial charge in [-0.25, -0.2) is 0 Å². The molecular weight excluding hydrogens is 376 g/mol. The third kappa shape index (κ3) is 4.72. The zero-order valence-corrected chi connectivity index (χ0v) is 20.5. The second kappa shape index (κ2) is 9.44. The topological polar surface area (TPSA) is 36.9 Å². The van der Waals surface area contributed by atoms with Crippen molar-refractivity contribution in [3.63, 3.8) is 0 Å². The van der Waals surface area contributed by atoms with Crippen molar-refractivity contribution in [3.05, 3.63) is 23.3 Å². The minimum Gasteiger partial charge on any atom is -0.350 e. The smallest absolute Gasteiger partial charge is 0.164 e. The van der Waals surface area contributed by atoms with Crippen molar-refractivity contribution in [3.8, 4) is 0 Å². The zero-order valence-electron chi connectivity index (χ0n) is 20.5. The van der Waals surface area contributed by atoms with Crippen LogP contribution in [0.2, 0.25) is 0 Å². The average Bonchev–Trinajstić information content (AvgIpc) is 3.37. The van der Waals surface area contributed by atoms with E-state index in [9.17, 15) is 0 Å². The van der Waals surface area contributed by atoms with Gasteiger partial charge in [0.15, 0.2) is 12.6 Å². The van der Waals surface area contributed by atoms with Crippen molar-refractivity contribution in [2.75, 3.05) is 26.4 Å². The van der Waals surface area contributed by atoms with Gasteiger partial charge in [-0.1, -0.05) is 64.8 Å². The molecule has 2 aliphatic heterocycles. The molecule has 0 saturated carbocycles. The van der Waals surface area contributed by atoms with E-state index in [-0.39, 0.29) is 23.4 Å². The van der Waals surface area contributed by atoms with Gasteiger partial charge in [-0.2, -0.15) is 0 Å². The fourth-order valence-electron chi connectivity index (χ4n) is 5.64. The largest absolute Gasteiger partial charge is 0.350 e. The Balaban J connectivity index is 0.000000171. The summed E-state index contributed by atoms with van der Waals surface area (Å²) in [7, 11) is 0. The van der Waals surface area contributed by atoms with Crippen LogP contribution in [0.15, 0.2) is 23.3 Å². The van der Waals surface area contributed by atoms with Crippen LogP contribution < -0.4 is 0 Å². The molecule has 0 amide bonds. The third-order valence-electron chi connectivity index (χ3n) is 8.55. The lowest BCUT2D eigenvalue weighted by atomic mass is 9.63. The van der Waals surface area contributed by atoms with Gasteiger partial charge < -0.3 is 18.9 Å². The first kappa shape index (κ1) is 24.0. The van der Waals surface area contributed by atoms with Crippen molar-refractivity contribution < 1.29 is 18.9 Å². The molecule has 4 heteroatoms. The van der Waals surface area contributed by atoms with Crippen LogP contribution in [0.4, 0.5) is 0 Å². The van der Waals surface area contributed by atoms with E-state index in [4.69, 9.17) is 18.9 Å². The van der Waals surface area contributed by atoms with Crippen LogP contribution in [0.25, 0.3) is 0 Å².